The highest BCUT2D eigenvalue weighted by molar-refractivity contribution is 5.99. The molecule has 8 N–H and O–H groups in total. The molecule has 0 radical (unpaired) electrons. The van der Waals surface area contributed by atoms with Crippen LogP contribution in [0.25, 0.3) is 0 Å². The van der Waals surface area contributed by atoms with Crippen molar-refractivity contribution in [1.82, 2.24) is 16.0 Å². The van der Waals surface area contributed by atoms with Crippen LogP contribution in [-0.2, 0) is 105 Å². The minimum Gasteiger partial charge on any atom is -0.457 e. The van der Waals surface area contributed by atoms with Crippen molar-refractivity contribution in [2.75, 3.05) is 28.4 Å². The monoisotopic (exact) mass is 1920 g/mol. The van der Waals surface area contributed by atoms with E-state index in [1.54, 1.807) is 103 Å². The molecule has 30 heteroatoms. The van der Waals surface area contributed by atoms with Crippen LogP contribution in [0.5, 0.6) is 0 Å². The van der Waals surface area contributed by atoms with Crippen LogP contribution < -0.4 is 16.0 Å². The van der Waals surface area contributed by atoms with Crippen molar-refractivity contribution in [3.8, 4) is 0 Å². The quantitative estimate of drug-likeness (QED) is 0.0124. The molecular formula is C107H157N3O27. The lowest BCUT2D eigenvalue weighted by Gasteiger charge is -2.28. The second-order valence-corrected chi connectivity index (χ2v) is 38.2. The SMILES string of the molecule is CO[C@H]1/C=C/CC/C=C/C(=O)O[C@H]([C@H](C)C(=O)/C=C/CC2CC(=O)NC(=O)C2)/C(C)=C\[C@@H](C)[C@@H]1O.CO[C@H]1/C=C/CC/C=C/C(=O)O[C@H]([C@H](C)C(=O)CCCC2CCCCC2)/C(C)=C\[C@@H](C)[C@@H]1O.CO[C@H]1/C=C/CC/C=C/C(=O)O[C@H]([C@H](C)C(=O)C[C@H](O)CC2CC(=O)NC(=O)C2)/C(C)=C\[C@@H](C)[C@@H]1O.CO[C@H]1/C=C/CCC(=O)O[C@H]([C@H](C)C(=O)CCCC2CC(=O)NC(=O)C2)/C(C)=C\[C@@H](C)[C@@H]1O. The number of aliphatic hydroxyl groups excluding tert-OH is 5. The number of piperidine rings is 3. The van der Waals surface area contributed by atoms with E-state index in [4.69, 9.17) is 37.9 Å². The highest BCUT2D eigenvalue weighted by Gasteiger charge is 2.38. The smallest absolute Gasteiger partial charge is 0.331 e. The number of aliphatic hydroxyl groups is 5. The predicted molar refractivity (Wildman–Crippen MR) is 517 cm³/mol. The summed E-state index contributed by atoms with van der Waals surface area (Å²) in [6.07, 6.45) is 42.2. The number of allylic oxidation sites excluding steroid dienone is 9. The molecule has 0 spiro atoms. The van der Waals surface area contributed by atoms with Crippen molar-refractivity contribution in [2.45, 2.75) is 342 Å². The van der Waals surface area contributed by atoms with Crippen molar-refractivity contribution in [1.29, 1.82) is 0 Å². The zero-order valence-electron chi connectivity index (χ0n) is 83.5. The third-order valence-electron chi connectivity index (χ3n) is 26.6. The molecule has 0 aromatic carbocycles. The van der Waals surface area contributed by atoms with Gasteiger partial charge in [-0.2, -0.15) is 0 Å². The summed E-state index contributed by atoms with van der Waals surface area (Å²) in [6.45, 7) is 21.5. The highest BCUT2D eigenvalue weighted by Crippen LogP contribution is 2.34. The van der Waals surface area contributed by atoms with Crippen LogP contribution in [0.15, 0.2) is 144 Å². The van der Waals surface area contributed by atoms with Gasteiger partial charge in [-0.1, -0.05) is 191 Å². The Morgan fingerprint density at radius 2 is 0.708 bits per heavy atom. The third-order valence-corrected chi connectivity index (χ3v) is 26.6. The van der Waals surface area contributed by atoms with Gasteiger partial charge in [0.1, 0.15) is 66.2 Å². The van der Waals surface area contributed by atoms with Gasteiger partial charge in [0.2, 0.25) is 35.4 Å². The molecule has 0 aromatic rings. The summed E-state index contributed by atoms with van der Waals surface area (Å²) in [4.78, 5) is 171. The van der Waals surface area contributed by atoms with E-state index in [-0.39, 0.29) is 157 Å². The summed E-state index contributed by atoms with van der Waals surface area (Å²) in [5.41, 5.74) is 2.75. The largest absolute Gasteiger partial charge is 0.457 e. The van der Waals surface area contributed by atoms with Crippen molar-refractivity contribution in [2.24, 2.45) is 71.0 Å². The number of Topliss-reactive ketones (excluding diaryl/α,β-unsaturated/α-hetero) is 3. The van der Waals surface area contributed by atoms with Gasteiger partial charge in [-0.15, -0.1) is 0 Å². The van der Waals surface area contributed by atoms with Gasteiger partial charge in [-0.05, 0) is 157 Å². The molecule has 7 aliphatic heterocycles. The van der Waals surface area contributed by atoms with E-state index >= 15 is 0 Å². The lowest BCUT2D eigenvalue weighted by atomic mass is 9.84. The van der Waals surface area contributed by atoms with Gasteiger partial charge in [-0.3, -0.25) is 68.7 Å². The molecule has 762 valence electrons. The highest BCUT2D eigenvalue weighted by atomic mass is 16.6. The lowest BCUT2D eigenvalue weighted by Crippen LogP contribution is -2.40. The van der Waals surface area contributed by atoms with Crippen molar-refractivity contribution < 1.29 is 131 Å². The Hall–Kier alpha value is -9.50. The summed E-state index contributed by atoms with van der Waals surface area (Å²) in [6, 6.07) is 0. The standard InChI is InChI=1S/C28H44O5.C27H39NO8.C27H37NO7.C25H37NO7/c1-20-19-21(2)28(22(3)24(29)16-12-15-23-13-8-7-9-14-23)33-26(30)18-11-6-5-10-17-25(32-4)27(20)31;1-16-11-17(2)27(36-25(33)10-8-6-5-7-9-22(35-4)26(16)34)18(3)21(30)15-20(29)12-19-13-23(31)28-24(32)14-19;1-17-14-18(2)27(35-25(32)13-8-6-5-7-12-22(34-4)26(17)33)19(3)21(29)11-9-10-20-15-23(30)28-24(31)16-20;1-15-12-16(2)25(33-23(30)11-6-5-10-20(32-4)24(15)31)17(3)19(27)9-7-8-18-13-21(28)26-22(29)14-18/h10-11,17-20,22-23,25,27-28,31H,5-9,12-16H2,1-4H3;7-11,16,18-20,22,26-27,29,34H,5-6,12-15H2,1-4H3,(H,28,31,32);7-9,11-14,17,19-20,22,26-27,33H,5-6,10,15-16H2,1-4H3,(H,28,30,31);5,10,12,15,17-18,20,24-25,31H,6-9,11,13-14H2,1-4H3,(H,26,28,29)/b17-10+,18-11+,21-19-;9-7+,10-8+,17-11-;11-9+,12-7+,13-8+,18-14-;10-5+,16-12-/t20-,22-,25+,27+,28+;16-,18-,20-,22+,26+,27+;17-,19-,22+,26+,27+;15-,17-,20+,24+,25+/m1111/s1. The van der Waals surface area contributed by atoms with Crippen molar-refractivity contribution >= 4 is 82.5 Å². The molecule has 0 aromatic heterocycles. The zero-order valence-corrected chi connectivity index (χ0v) is 83.5. The minimum atomic E-state index is -1.03. The number of hydrogen-bond donors (Lipinski definition) is 8. The van der Waals surface area contributed by atoms with Crippen molar-refractivity contribution in [3.63, 3.8) is 0 Å². The maximum Gasteiger partial charge on any atom is 0.331 e. The van der Waals surface area contributed by atoms with Gasteiger partial charge in [0.25, 0.3) is 0 Å². The average molecular weight is 1920 g/mol. The number of ether oxygens (including phenoxy) is 8. The molecule has 0 unspecified atom stereocenters. The predicted octanol–water partition coefficient (Wildman–Crippen LogP) is 13.5. The molecule has 0 bridgehead atoms. The molecule has 8 rings (SSSR count). The zero-order chi connectivity index (χ0) is 102. The first kappa shape index (κ1) is 118. The number of hydrogen-bond acceptors (Lipinski definition) is 27. The number of ketones is 4. The van der Waals surface area contributed by atoms with Gasteiger partial charge < -0.3 is 63.4 Å². The lowest BCUT2D eigenvalue weighted by molar-refractivity contribution is -0.151. The maximum absolute atomic E-state index is 13.1. The Kier molecular flexibility index (Phi) is 53.9. The number of rotatable bonds is 27. The maximum atomic E-state index is 13.1. The van der Waals surface area contributed by atoms with E-state index < -0.39 is 121 Å². The fraction of sp³-hybridized carbons (Fsp3) is 0.645. The van der Waals surface area contributed by atoms with Gasteiger partial charge in [0, 0.05) is 135 Å². The first-order valence-corrected chi connectivity index (χ1v) is 49.1. The Morgan fingerprint density at radius 1 is 0.401 bits per heavy atom. The molecule has 3 saturated heterocycles. The Labute approximate surface area is 810 Å². The normalized spacial score (nSPS) is 31.8. The summed E-state index contributed by atoms with van der Waals surface area (Å²) in [5, 5.41) is 60.2. The molecule has 8 aliphatic rings. The van der Waals surface area contributed by atoms with Gasteiger partial charge in [0.15, 0.2) is 5.78 Å². The van der Waals surface area contributed by atoms with Crippen LogP contribution in [-0.4, -0.2) is 216 Å². The van der Waals surface area contributed by atoms with Crippen LogP contribution in [0.3, 0.4) is 0 Å². The fourth-order valence-electron chi connectivity index (χ4n) is 18.5. The van der Waals surface area contributed by atoms with E-state index in [2.05, 4.69) is 16.0 Å². The summed E-state index contributed by atoms with van der Waals surface area (Å²) in [5.74, 6) is -7.66. The van der Waals surface area contributed by atoms with Crippen LogP contribution in [0, 0.1) is 71.0 Å². The first-order chi connectivity index (χ1) is 65.1. The second-order valence-electron chi connectivity index (χ2n) is 38.2. The first-order valence-electron chi connectivity index (χ1n) is 49.1. The Balaban J connectivity index is 0.000000323. The molecular weight excluding hydrogens is 1760 g/mol. The van der Waals surface area contributed by atoms with E-state index in [9.17, 15) is 92.7 Å². The summed E-state index contributed by atoms with van der Waals surface area (Å²) in [7, 11) is 6.18. The number of imide groups is 3. The molecule has 1 aliphatic carbocycles. The van der Waals surface area contributed by atoms with Crippen LogP contribution in [0.1, 0.15) is 263 Å². The van der Waals surface area contributed by atoms with Crippen LogP contribution in [0.4, 0.5) is 0 Å². The molecule has 4 fully saturated rings. The topological polar surface area (TPSA) is 450 Å². The summed E-state index contributed by atoms with van der Waals surface area (Å²) < 4.78 is 44.5. The van der Waals surface area contributed by atoms with E-state index in [0.29, 0.717) is 93.8 Å². The number of nitrogens with one attached hydrogen (secondary N) is 3. The molecule has 1 saturated carbocycles. The summed E-state index contributed by atoms with van der Waals surface area (Å²) >= 11 is 0. The number of cyclic esters (lactones) is 4. The van der Waals surface area contributed by atoms with Crippen LogP contribution in [0.2, 0.25) is 0 Å². The van der Waals surface area contributed by atoms with Crippen LogP contribution >= 0.6 is 0 Å². The number of esters is 4. The average Bonchev–Trinajstić information content (AvgIpc) is 0.847. The Morgan fingerprint density at radius 3 is 1.07 bits per heavy atom. The Bertz CT molecular complexity index is 4310. The van der Waals surface area contributed by atoms with Gasteiger partial charge in [-0.25, -0.2) is 14.4 Å². The van der Waals surface area contributed by atoms with E-state index in [1.165, 1.54) is 77.7 Å². The molecule has 21 atom stereocenters. The number of amides is 6. The third kappa shape index (κ3) is 42.6. The molecule has 30 nitrogen and oxygen atoms in total. The molecule has 6 amide bonds. The van der Waals surface area contributed by atoms with E-state index in [0.717, 1.165) is 30.8 Å². The molecule has 137 heavy (non-hydrogen) atoms. The second kappa shape index (κ2) is 62.5. The van der Waals surface area contributed by atoms with Gasteiger partial charge in [0.05, 0.1) is 54.2 Å². The number of methoxy groups -OCH3 is 4. The fourth-order valence-corrected chi connectivity index (χ4v) is 18.5. The van der Waals surface area contributed by atoms with Crippen molar-refractivity contribution in [3.05, 3.63) is 144 Å². The number of carbonyl (C=O) groups is 14. The minimum absolute atomic E-state index is 0.0397. The number of carbonyl (C=O) groups excluding carboxylic acids is 14. The molecule has 7 heterocycles. The van der Waals surface area contributed by atoms with Gasteiger partial charge >= 0.3 is 23.9 Å². The van der Waals surface area contributed by atoms with E-state index in [1.807, 2.05) is 84.1 Å².